The van der Waals surface area contributed by atoms with Gasteiger partial charge in [-0.3, -0.25) is 0 Å². The lowest BCUT2D eigenvalue weighted by atomic mass is 10.1. The van der Waals surface area contributed by atoms with Gasteiger partial charge in [0.25, 0.3) is 0 Å². The fourth-order valence-corrected chi connectivity index (χ4v) is 3.68. The van der Waals surface area contributed by atoms with Crippen LogP contribution in [0.2, 0.25) is 0 Å². The summed E-state index contributed by atoms with van der Waals surface area (Å²) in [5, 5.41) is 0. The van der Waals surface area contributed by atoms with Crippen molar-refractivity contribution in [1.82, 2.24) is 4.31 Å². The number of hydrogen-bond donors (Lipinski definition) is 1. The van der Waals surface area contributed by atoms with Crippen LogP contribution in [0.15, 0.2) is 53.4 Å². The van der Waals surface area contributed by atoms with E-state index in [0.717, 1.165) is 11.1 Å². The fourth-order valence-electron chi connectivity index (χ4n) is 2.20. The van der Waals surface area contributed by atoms with Crippen molar-refractivity contribution >= 4 is 15.7 Å². The first-order chi connectivity index (χ1) is 9.95. The van der Waals surface area contributed by atoms with Gasteiger partial charge in [0.1, 0.15) is 0 Å². The Morgan fingerprint density at radius 3 is 2.38 bits per heavy atom. The minimum absolute atomic E-state index is 0.295. The highest BCUT2D eigenvalue weighted by Crippen LogP contribution is 2.23. The van der Waals surface area contributed by atoms with Crippen molar-refractivity contribution in [3.05, 3.63) is 59.7 Å². The molecular formula is C16H20N2O2S. The van der Waals surface area contributed by atoms with E-state index in [0.29, 0.717) is 23.5 Å². The monoisotopic (exact) mass is 304 g/mol. The van der Waals surface area contributed by atoms with E-state index in [9.17, 15) is 8.42 Å². The number of benzene rings is 2. The van der Waals surface area contributed by atoms with Crippen LogP contribution in [0, 0.1) is 0 Å². The summed E-state index contributed by atoms with van der Waals surface area (Å²) in [7, 11) is -1.96. The number of nitrogens with two attached hydrogens (primary N) is 1. The average Bonchev–Trinajstić information content (AvgIpc) is 2.48. The highest BCUT2D eigenvalue weighted by atomic mass is 32.2. The molecule has 2 rings (SSSR count). The Kier molecular flexibility index (Phi) is 4.65. The Bertz CT molecular complexity index is 712. The van der Waals surface area contributed by atoms with Crippen LogP contribution in [-0.2, 0) is 23.0 Å². The summed E-state index contributed by atoms with van der Waals surface area (Å²) >= 11 is 0. The van der Waals surface area contributed by atoms with Gasteiger partial charge in [-0.05, 0) is 29.7 Å². The maximum atomic E-state index is 12.7. The largest absolute Gasteiger partial charge is 0.399 e. The van der Waals surface area contributed by atoms with Crippen LogP contribution in [0.3, 0.4) is 0 Å². The van der Waals surface area contributed by atoms with Crippen molar-refractivity contribution in [2.24, 2.45) is 0 Å². The van der Waals surface area contributed by atoms with Crippen molar-refractivity contribution in [1.29, 1.82) is 0 Å². The minimum Gasteiger partial charge on any atom is -0.399 e. The Balaban J connectivity index is 2.35. The number of sulfonamides is 1. The Morgan fingerprint density at radius 2 is 1.76 bits per heavy atom. The van der Waals surface area contributed by atoms with Gasteiger partial charge in [0.2, 0.25) is 10.0 Å². The van der Waals surface area contributed by atoms with E-state index in [2.05, 4.69) is 0 Å². The number of anilines is 1. The first-order valence-corrected chi connectivity index (χ1v) is 8.28. The van der Waals surface area contributed by atoms with Crippen LogP contribution in [0.4, 0.5) is 5.69 Å². The van der Waals surface area contributed by atoms with Crippen LogP contribution < -0.4 is 5.73 Å². The summed E-state index contributed by atoms with van der Waals surface area (Å²) in [6.45, 7) is 2.27. The van der Waals surface area contributed by atoms with E-state index >= 15 is 0 Å². The summed E-state index contributed by atoms with van der Waals surface area (Å²) in [4.78, 5) is 0.295. The van der Waals surface area contributed by atoms with Crippen LogP contribution in [0.5, 0.6) is 0 Å². The van der Waals surface area contributed by atoms with E-state index in [4.69, 9.17) is 5.73 Å². The third-order valence-corrected chi connectivity index (χ3v) is 5.29. The number of hydrogen-bond acceptors (Lipinski definition) is 3. The van der Waals surface area contributed by atoms with Gasteiger partial charge >= 0.3 is 0 Å². The molecule has 0 atom stereocenters. The maximum Gasteiger partial charge on any atom is 0.243 e. The van der Waals surface area contributed by atoms with Crippen LogP contribution in [0.25, 0.3) is 0 Å². The number of rotatable bonds is 5. The molecule has 0 spiro atoms. The van der Waals surface area contributed by atoms with Crippen molar-refractivity contribution < 1.29 is 8.42 Å². The average molecular weight is 304 g/mol. The van der Waals surface area contributed by atoms with Crippen LogP contribution >= 0.6 is 0 Å². The first kappa shape index (κ1) is 15.5. The summed E-state index contributed by atoms with van der Waals surface area (Å²) in [6.07, 6.45) is 0.647. The van der Waals surface area contributed by atoms with E-state index in [-0.39, 0.29) is 0 Å². The molecular weight excluding hydrogens is 284 g/mol. The molecule has 0 aliphatic heterocycles. The topological polar surface area (TPSA) is 63.4 Å². The van der Waals surface area contributed by atoms with E-state index in [1.54, 1.807) is 19.2 Å². The highest BCUT2D eigenvalue weighted by molar-refractivity contribution is 7.89. The fraction of sp³-hybridized carbons (Fsp3) is 0.250. The molecule has 0 bridgehead atoms. The second-order valence-corrected chi connectivity index (χ2v) is 6.98. The predicted molar refractivity (Wildman–Crippen MR) is 85.3 cm³/mol. The molecule has 5 heteroatoms. The molecule has 0 aliphatic rings. The predicted octanol–water partition coefficient (Wildman–Crippen LogP) is 2.65. The normalized spacial score (nSPS) is 11.8. The summed E-state index contributed by atoms with van der Waals surface area (Å²) < 4.78 is 26.8. The van der Waals surface area contributed by atoms with Gasteiger partial charge in [-0.1, -0.05) is 43.3 Å². The molecule has 0 aliphatic carbocycles. The van der Waals surface area contributed by atoms with E-state index in [1.807, 2.05) is 37.3 Å². The zero-order valence-corrected chi connectivity index (χ0v) is 13.1. The van der Waals surface area contributed by atoms with Gasteiger partial charge in [0, 0.05) is 19.3 Å². The quantitative estimate of drug-likeness (QED) is 0.864. The van der Waals surface area contributed by atoms with Crippen molar-refractivity contribution in [2.75, 3.05) is 12.8 Å². The lowest BCUT2D eigenvalue weighted by molar-refractivity contribution is 0.466. The molecule has 0 aromatic heterocycles. The molecule has 0 unspecified atom stereocenters. The second-order valence-electron chi connectivity index (χ2n) is 4.97. The third-order valence-electron chi connectivity index (χ3n) is 3.41. The lowest BCUT2D eigenvalue weighted by Crippen LogP contribution is -2.27. The molecule has 0 heterocycles. The number of nitrogen functional groups attached to an aromatic ring is 1. The Labute approximate surface area is 126 Å². The molecule has 2 aromatic carbocycles. The van der Waals surface area contributed by atoms with Crippen LogP contribution in [-0.4, -0.2) is 19.8 Å². The van der Waals surface area contributed by atoms with Crippen molar-refractivity contribution in [3.8, 4) is 0 Å². The standard InChI is InChI=1S/C16H20N2O2S/c1-3-14-9-10-15(17)11-16(14)21(19,20)18(2)12-13-7-5-4-6-8-13/h4-11H,3,12,17H2,1-2H3. The molecule has 0 saturated heterocycles. The van der Waals surface area contributed by atoms with E-state index in [1.165, 1.54) is 10.4 Å². The first-order valence-electron chi connectivity index (χ1n) is 6.84. The summed E-state index contributed by atoms with van der Waals surface area (Å²) in [6, 6.07) is 14.6. The van der Waals surface area contributed by atoms with Gasteiger partial charge in [-0.15, -0.1) is 0 Å². The van der Waals surface area contributed by atoms with Crippen molar-refractivity contribution in [3.63, 3.8) is 0 Å². The molecule has 2 N–H and O–H groups in total. The van der Waals surface area contributed by atoms with Gasteiger partial charge in [-0.2, -0.15) is 4.31 Å². The summed E-state index contributed by atoms with van der Waals surface area (Å²) in [5.41, 5.74) is 7.94. The smallest absolute Gasteiger partial charge is 0.243 e. The molecule has 112 valence electrons. The molecule has 21 heavy (non-hydrogen) atoms. The summed E-state index contributed by atoms with van der Waals surface area (Å²) in [5.74, 6) is 0. The minimum atomic E-state index is -3.55. The Hall–Kier alpha value is -1.85. The molecule has 4 nitrogen and oxygen atoms in total. The van der Waals surface area contributed by atoms with Gasteiger partial charge in [-0.25, -0.2) is 8.42 Å². The number of nitrogens with zero attached hydrogens (tertiary/aromatic N) is 1. The molecule has 0 radical (unpaired) electrons. The maximum absolute atomic E-state index is 12.7. The van der Waals surface area contributed by atoms with Gasteiger partial charge in [0.15, 0.2) is 0 Å². The molecule has 0 fully saturated rings. The Morgan fingerprint density at radius 1 is 1.10 bits per heavy atom. The number of aryl methyl sites for hydroxylation is 1. The lowest BCUT2D eigenvalue weighted by Gasteiger charge is -2.19. The zero-order valence-electron chi connectivity index (χ0n) is 12.3. The molecule has 0 amide bonds. The second kappa shape index (κ2) is 6.28. The SMILES string of the molecule is CCc1ccc(N)cc1S(=O)(=O)N(C)Cc1ccccc1. The zero-order chi connectivity index (χ0) is 15.5. The third kappa shape index (κ3) is 3.43. The highest BCUT2D eigenvalue weighted by Gasteiger charge is 2.23. The molecule has 2 aromatic rings. The van der Waals surface area contributed by atoms with Crippen molar-refractivity contribution in [2.45, 2.75) is 24.8 Å². The van der Waals surface area contributed by atoms with E-state index < -0.39 is 10.0 Å². The van der Waals surface area contributed by atoms with Crippen LogP contribution in [0.1, 0.15) is 18.1 Å². The van der Waals surface area contributed by atoms with Gasteiger partial charge in [0.05, 0.1) is 4.90 Å². The van der Waals surface area contributed by atoms with Gasteiger partial charge < -0.3 is 5.73 Å². The molecule has 0 saturated carbocycles.